The lowest BCUT2D eigenvalue weighted by atomic mass is 9.93. The number of ether oxygens (including phenoxy) is 2. The number of aryl methyl sites for hydroxylation is 1. The van der Waals surface area contributed by atoms with E-state index in [-0.39, 0.29) is 12.5 Å². The summed E-state index contributed by atoms with van der Waals surface area (Å²) in [6, 6.07) is 14.8. The van der Waals surface area contributed by atoms with E-state index < -0.39 is 18.0 Å². The number of rotatable bonds is 9. The number of carboxylic acid groups (broad SMARTS) is 1. The lowest BCUT2D eigenvalue weighted by Crippen LogP contribution is -2.35. The molecule has 2 aromatic rings. The second-order valence-electron chi connectivity index (χ2n) is 6.98. The van der Waals surface area contributed by atoms with E-state index in [0.29, 0.717) is 18.0 Å². The molecule has 0 aliphatic heterocycles. The minimum atomic E-state index is -1.04. The third kappa shape index (κ3) is 6.42. The molecule has 0 heterocycles. The first kappa shape index (κ1) is 20.5. The predicted octanol–water partition coefficient (Wildman–Crippen LogP) is 3.64. The Kier molecular flexibility index (Phi) is 6.96. The van der Waals surface area contributed by atoms with Crippen LogP contribution in [0.1, 0.15) is 25.0 Å². The van der Waals surface area contributed by atoms with E-state index in [4.69, 9.17) is 14.6 Å². The van der Waals surface area contributed by atoms with Crippen LogP contribution in [0.5, 0.6) is 5.75 Å². The van der Waals surface area contributed by atoms with Crippen molar-refractivity contribution in [3.8, 4) is 5.75 Å². The SMILES string of the molecule is Cc1cc(OCC(=O)O)ccc1NC(=O)C(C)(C)COCc1ccccc1. The van der Waals surface area contributed by atoms with Gasteiger partial charge in [0, 0.05) is 5.69 Å². The summed E-state index contributed by atoms with van der Waals surface area (Å²) in [5.41, 5.74) is 1.78. The molecule has 1 amide bonds. The number of aliphatic carboxylic acids is 1. The van der Waals surface area contributed by atoms with Gasteiger partial charge in [-0.1, -0.05) is 30.3 Å². The van der Waals surface area contributed by atoms with Crippen LogP contribution in [0.2, 0.25) is 0 Å². The Bertz CT molecular complexity index is 786. The van der Waals surface area contributed by atoms with Gasteiger partial charge in [-0.3, -0.25) is 4.79 Å². The van der Waals surface area contributed by atoms with Crippen molar-refractivity contribution in [3.05, 3.63) is 59.7 Å². The van der Waals surface area contributed by atoms with Crippen molar-refractivity contribution in [1.29, 1.82) is 0 Å². The molecule has 0 radical (unpaired) electrons. The summed E-state index contributed by atoms with van der Waals surface area (Å²) < 4.78 is 10.8. The molecule has 0 fully saturated rings. The average molecular weight is 371 g/mol. The van der Waals surface area contributed by atoms with Crippen molar-refractivity contribution in [2.45, 2.75) is 27.4 Å². The van der Waals surface area contributed by atoms with Gasteiger partial charge in [0.15, 0.2) is 6.61 Å². The summed E-state index contributed by atoms with van der Waals surface area (Å²) in [5.74, 6) is -0.751. The first-order valence-electron chi connectivity index (χ1n) is 8.66. The molecular weight excluding hydrogens is 346 g/mol. The van der Waals surface area contributed by atoms with Gasteiger partial charge in [0.2, 0.25) is 5.91 Å². The molecule has 2 aromatic carbocycles. The maximum Gasteiger partial charge on any atom is 0.341 e. The average Bonchev–Trinajstić information content (AvgIpc) is 2.62. The molecule has 0 saturated heterocycles. The van der Waals surface area contributed by atoms with Gasteiger partial charge >= 0.3 is 5.97 Å². The van der Waals surface area contributed by atoms with E-state index in [1.165, 1.54) is 0 Å². The molecule has 144 valence electrons. The Hall–Kier alpha value is -2.86. The molecule has 0 aliphatic rings. The van der Waals surface area contributed by atoms with Crippen LogP contribution in [0.15, 0.2) is 48.5 Å². The molecule has 0 aromatic heterocycles. The molecule has 0 aliphatic carbocycles. The number of nitrogens with one attached hydrogen (secondary N) is 1. The summed E-state index contributed by atoms with van der Waals surface area (Å²) in [5, 5.41) is 11.6. The summed E-state index contributed by atoms with van der Waals surface area (Å²) in [6.45, 7) is 5.80. The molecule has 0 atom stereocenters. The van der Waals surface area contributed by atoms with Crippen molar-refractivity contribution >= 4 is 17.6 Å². The highest BCUT2D eigenvalue weighted by Crippen LogP contribution is 2.25. The van der Waals surface area contributed by atoms with E-state index in [9.17, 15) is 9.59 Å². The number of hydrogen-bond donors (Lipinski definition) is 2. The van der Waals surface area contributed by atoms with E-state index in [1.807, 2.05) is 51.1 Å². The second-order valence-corrected chi connectivity index (χ2v) is 6.98. The van der Waals surface area contributed by atoms with Gasteiger partial charge in [-0.25, -0.2) is 4.79 Å². The number of amides is 1. The highest BCUT2D eigenvalue weighted by Gasteiger charge is 2.28. The molecular formula is C21H25NO5. The molecule has 0 bridgehead atoms. The quantitative estimate of drug-likeness (QED) is 0.703. The van der Waals surface area contributed by atoms with E-state index >= 15 is 0 Å². The number of benzene rings is 2. The number of anilines is 1. The second kappa shape index (κ2) is 9.19. The van der Waals surface area contributed by atoms with Crippen LogP contribution in [-0.4, -0.2) is 30.2 Å². The highest BCUT2D eigenvalue weighted by molar-refractivity contribution is 5.95. The van der Waals surface area contributed by atoms with Gasteiger partial charge < -0.3 is 19.9 Å². The third-order valence-corrected chi connectivity index (χ3v) is 4.00. The van der Waals surface area contributed by atoms with Gasteiger partial charge in [-0.05, 0) is 50.1 Å². The first-order chi connectivity index (χ1) is 12.8. The fourth-order valence-corrected chi connectivity index (χ4v) is 2.37. The maximum absolute atomic E-state index is 12.6. The molecule has 0 spiro atoms. The van der Waals surface area contributed by atoms with Gasteiger partial charge in [-0.2, -0.15) is 0 Å². The zero-order valence-corrected chi connectivity index (χ0v) is 15.8. The third-order valence-electron chi connectivity index (χ3n) is 4.00. The molecule has 6 heteroatoms. The highest BCUT2D eigenvalue weighted by atomic mass is 16.5. The Balaban J connectivity index is 1.91. The molecule has 0 saturated carbocycles. The van der Waals surface area contributed by atoms with Crippen LogP contribution in [0, 0.1) is 12.3 Å². The van der Waals surface area contributed by atoms with E-state index in [2.05, 4.69) is 5.32 Å². The normalized spacial score (nSPS) is 11.1. The van der Waals surface area contributed by atoms with Crippen LogP contribution in [0.3, 0.4) is 0 Å². The zero-order valence-electron chi connectivity index (χ0n) is 15.8. The van der Waals surface area contributed by atoms with Gasteiger partial charge in [0.25, 0.3) is 0 Å². The zero-order chi connectivity index (χ0) is 19.9. The molecule has 2 rings (SSSR count). The van der Waals surface area contributed by atoms with Crippen LogP contribution in [0.25, 0.3) is 0 Å². The standard InChI is InChI=1S/C21H25NO5/c1-15-11-17(27-13-19(23)24)9-10-18(15)22-20(25)21(2,3)14-26-12-16-7-5-4-6-8-16/h4-11H,12-14H2,1-3H3,(H,22,25)(H,23,24). The maximum atomic E-state index is 12.6. The van der Waals surface area contributed by atoms with Gasteiger partial charge in [-0.15, -0.1) is 0 Å². The molecule has 6 nitrogen and oxygen atoms in total. The van der Waals surface area contributed by atoms with Crippen LogP contribution >= 0.6 is 0 Å². The van der Waals surface area contributed by atoms with Crippen molar-refractivity contribution in [2.24, 2.45) is 5.41 Å². The largest absolute Gasteiger partial charge is 0.482 e. The Morgan fingerprint density at radius 1 is 1.11 bits per heavy atom. The van der Waals surface area contributed by atoms with E-state index in [1.54, 1.807) is 18.2 Å². The minimum absolute atomic E-state index is 0.155. The minimum Gasteiger partial charge on any atom is -0.482 e. The smallest absolute Gasteiger partial charge is 0.341 e. The molecule has 2 N–H and O–H groups in total. The predicted molar refractivity (Wildman–Crippen MR) is 103 cm³/mol. The number of carbonyl (C=O) groups is 2. The Labute approximate surface area is 159 Å². The number of carboxylic acids is 1. The van der Waals surface area contributed by atoms with Crippen molar-refractivity contribution in [2.75, 3.05) is 18.5 Å². The van der Waals surface area contributed by atoms with Crippen molar-refractivity contribution < 1.29 is 24.2 Å². The lowest BCUT2D eigenvalue weighted by Gasteiger charge is -2.24. The van der Waals surface area contributed by atoms with Gasteiger partial charge in [0.05, 0.1) is 18.6 Å². The Morgan fingerprint density at radius 3 is 2.44 bits per heavy atom. The van der Waals surface area contributed by atoms with Crippen molar-refractivity contribution in [3.63, 3.8) is 0 Å². The monoisotopic (exact) mass is 371 g/mol. The lowest BCUT2D eigenvalue weighted by molar-refractivity contribution is -0.139. The fourth-order valence-electron chi connectivity index (χ4n) is 2.37. The summed E-state index contributed by atoms with van der Waals surface area (Å²) in [7, 11) is 0. The topological polar surface area (TPSA) is 84.9 Å². The summed E-state index contributed by atoms with van der Waals surface area (Å²) in [6.07, 6.45) is 0. The molecule has 0 unspecified atom stereocenters. The number of carbonyl (C=O) groups excluding carboxylic acids is 1. The summed E-state index contributed by atoms with van der Waals surface area (Å²) in [4.78, 5) is 23.2. The Morgan fingerprint density at radius 2 is 1.81 bits per heavy atom. The fraction of sp³-hybridized carbons (Fsp3) is 0.333. The molecule has 27 heavy (non-hydrogen) atoms. The van der Waals surface area contributed by atoms with Crippen LogP contribution in [0.4, 0.5) is 5.69 Å². The van der Waals surface area contributed by atoms with Gasteiger partial charge in [0.1, 0.15) is 5.75 Å². The van der Waals surface area contributed by atoms with Crippen LogP contribution in [-0.2, 0) is 20.9 Å². The van der Waals surface area contributed by atoms with Crippen LogP contribution < -0.4 is 10.1 Å². The number of hydrogen-bond acceptors (Lipinski definition) is 4. The van der Waals surface area contributed by atoms with Crippen molar-refractivity contribution in [1.82, 2.24) is 0 Å². The summed E-state index contributed by atoms with van der Waals surface area (Å²) >= 11 is 0. The first-order valence-corrected chi connectivity index (χ1v) is 8.66. The van der Waals surface area contributed by atoms with E-state index in [0.717, 1.165) is 11.1 Å².